The molecule has 0 radical (unpaired) electrons. The van der Waals surface area contributed by atoms with Gasteiger partial charge in [0.25, 0.3) is 0 Å². The molecule has 0 atom stereocenters. The molecule has 0 aliphatic heterocycles. The summed E-state index contributed by atoms with van der Waals surface area (Å²) in [5, 5.41) is 12.3. The first-order valence-electron chi connectivity index (χ1n) is 6.09. The lowest BCUT2D eigenvalue weighted by Crippen LogP contribution is -2.44. The fraction of sp³-hybridized carbons (Fsp3) is 0.923. The van der Waals surface area contributed by atoms with Gasteiger partial charge >= 0.3 is 0 Å². The quantitative estimate of drug-likeness (QED) is 0.753. The van der Waals surface area contributed by atoms with E-state index in [1.807, 2.05) is 0 Å². The van der Waals surface area contributed by atoms with Gasteiger partial charge in [0.2, 0.25) is 0 Å². The number of nitrogens with zero attached hydrogens (tertiary/aromatic N) is 1. The molecule has 0 saturated heterocycles. The third-order valence-corrected chi connectivity index (χ3v) is 3.61. The Labute approximate surface area is 94.1 Å². The van der Waals surface area contributed by atoms with Gasteiger partial charge in [-0.25, -0.2) is 0 Å². The van der Waals surface area contributed by atoms with Crippen LogP contribution in [0.15, 0.2) is 0 Å². The van der Waals surface area contributed by atoms with Gasteiger partial charge < -0.3 is 5.32 Å². The van der Waals surface area contributed by atoms with Crippen LogP contribution < -0.4 is 5.32 Å². The third-order valence-electron chi connectivity index (χ3n) is 3.61. The summed E-state index contributed by atoms with van der Waals surface area (Å²) in [5.41, 5.74) is 0.616. The van der Waals surface area contributed by atoms with Crippen LogP contribution in [0.5, 0.6) is 0 Å². The highest BCUT2D eigenvalue weighted by Crippen LogP contribution is 2.30. The summed E-state index contributed by atoms with van der Waals surface area (Å²) >= 11 is 0. The summed E-state index contributed by atoms with van der Waals surface area (Å²) in [7, 11) is 0. The zero-order valence-electron chi connectivity index (χ0n) is 10.4. The van der Waals surface area contributed by atoms with E-state index in [4.69, 9.17) is 5.26 Å². The third kappa shape index (κ3) is 4.22. The summed E-state index contributed by atoms with van der Waals surface area (Å²) in [4.78, 5) is 0. The van der Waals surface area contributed by atoms with Gasteiger partial charge in [0.05, 0.1) is 6.07 Å². The van der Waals surface area contributed by atoms with Crippen LogP contribution in [0.2, 0.25) is 0 Å². The molecule has 1 rings (SSSR count). The van der Waals surface area contributed by atoms with Crippen molar-refractivity contribution in [2.24, 2.45) is 5.41 Å². The van der Waals surface area contributed by atoms with E-state index in [0.717, 1.165) is 13.0 Å². The van der Waals surface area contributed by atoms with Gasteiger partial charge in [-0.15, -0.1) is 0 Å². The van der Waals surface area contributed by atoms with Crippen molar-refractivity contribution in [2.45, 2.75) is 64.8 Å². The standard InChI is InChI=1S/C13H24N2/c1-12(2,7-6-10-14)11-15-13(3)8-4-5-9-13/h15H,4-9,11H2,1-3H3. The second kappa shape index (κ2) is 4.99. The molecule has 0 aromatic heterocycles. The summed E-state index contributed by atoms with van der Waals surface area (Å²) in [6.45, 7) is 7.86. The molecule has 0 heterocycles. The molecule has 0 amide bonds. The van der Waals surface area contributed by atoms with Gasteiger partial charge in [0.1, 0.15) is 0 Å². The molecule has 1 aliphatic carbocycles. The second-order valence-corrected chi connectivity index (χ2v) is 5.94. The van der Waals surface area contributed by atoms with E-state index < -0.39 is 0 Å². The maximum atomic E-state index is 8.59. The maximum Gasteiger partial charge on any atom is 0.0621 e. The Balaban J connectivity index is 2.31. The maximum absolute atomic E-state index is 8.59. The van der Waals surface area contributed by atoms with Crippen LogP contribution in [0.1, 0.15) is 59.3 Å². The van der Waals surface area contributed by atoms with Crippen molar-refractivity contribution < 1.29 is 0 Å². The molecule has 1 aliphatic rings. The summed E-state index contributed by atoms with van der Waals surface area (Å²) in [6, 6.07) is 2.23. The van der Waals surface area contributed by atoms with Crippen molar-refractivity contribution in [2.75, 3.05) is 6.54 Å². The van der Waals surface area contributed by atoms with E-state index in [1.165, 1.54) is 25.7 Å². The molecule has 15 heavy (non-hydrogen) atoms. The fourth-order valence-corrected chi connectivity index (χ4v) is 2.27. The average molecular weight is 208 g/mol. The lowest BCUT2D eigenvalue weighted by Gasteiger charge is -2.32. The summed E-state index contributed by atoms with van der Waals surface area (Å²) in [5.74, 6) is 0. The molecule has 0 aromatic carbocycles. The van der Waals surface area contributed by atoms with Crippen molar-refractivity contribution in [1.82, 2.24) is 5.32 Å². The Hall–Kier alpha value is -0.550. The SMILES string of the molecule is CC(C)(CCC#N)CNC1(C)CCCC1. The van der Waals surface area contributed by atoms with Crippen LogP contribution in [0.4, 0.5) is 0 Å². The predicted octanol–water partition coefficient (Wildman–Crippen LogP) is 3.24. The molecular formula is C13H24N2. The van der Waals surface area contributed by atoms with Crippen LogP contribution in [0.25, 0.3) is 0 Å². The van der Waals surface area contributed by atoms with E-state index in [9.17, 15) is 0 Å². The first-order valence-corrected chi connectivity index (χ1v) is 6.09. The monoisotopic (exact) mass is 208 g/mol. The van der Waals surface area contributed by atoms with E-state index in [-0.39, 0.29) is 5.41 Å². The van der Waals surface area contributed by atoms with Crippen LogP contribution in [0, 0.1) is 16.7 Å². The first kappa shape index (κ1) is 12.5. The highest BCUT2D eigenvalue weighted by atomic mass is 15.0. The zero-order chi connectivity index (χ0) is 11.4. The highest BCUT2D eigenvalue weighted by Gasteiger charge is 2.30. The van der Waals surface area contributed by atoms with Gasteiger partial charge in [-0.3, -0.25) is 0 Å². The van der Waals surface area contributed by atoms with Gasteiger partial charge in [-0.2, -0.15) is 5.26 Å². The molecule has 0 aromatic rings. The normalized spacial score (nSPS) is 20.1. The van der Waals surface area contributed by atoms with Gasteiger partial charge in [0, 0.05) is 18.5 Å². The van der Waals surface area contributed by atoms with Gasteiger partial charge in [-0.05, 0) is 31.6 Å². The topological polar surface area (TPSA) is 35.8 Å². The summed E-state index contributed by atoms with van der Waals surface area (Å²) in [6.07, 6.45) is 7.00. The number of hydrogen-bond donors (Lipinski definition) is 1. The van der Waals surface area contributed by atoms with Crippen molar-refractivity contribution in [1.29, 1.82) is 5.26 Å². The molecule has 1 N–H and O–H groups in total. The Kier molecular flexibility index (Phi) is 4.16. The van der Waals surface area contributed by atoms with Crippen LogP contribution in [-0.2, 0) is 0 Å². The molecule has 0 unspecified atom stereocenters. The highest BCUT2D eigenvalue weighted by molar-refractivity contribution is 4.90. The van der Waals surface area contributed by atoms with Crippen molar-refractivity contribution >= 4 is 0 Å². The number of hydrogen-bond acceptors (Lipinski definition) is 2. The minimum absolute atomic E-state index is 0.251. The first-order chi connectivity index (χ1) is 6.97. The Bertz CT molecular complexity index is 231. The fourth-order valence-electron chi connectivity index (χ4n) is 2.27. The number of nitriles is 1. The summed E-state index contributed by atoms with van der Waals surface area (Å²) < 4.78 is 0. The molecular weight excluding hydrogens is 184 g/mol. The number of nitrogens with one attached hydrogen (secondary N) is 1. The molecule has 0 spiro atoms. The van der Waals surface area contributed by atoms with E-state index in [1.54, 1.807) is 0 Å². The van der Waals surface area contributed by atoms with Gasteiger partial charge in [-0.1, -0.05) is 26.7 Å². The minimum atomic E-state index is 0.251. The Morgan fingerprint density at radius 1 is 1.33 bits per heavy atom. The Morgan fingerprint density at radius 3 is 2.47 bits per heavy atom. The van der Waals surface area contributed by atoms with Crippen molar-refractivity contribution in [3.63, 3.8) is 0 Å². The van der Waals surface area contributed by atoms with E-state index in [2.05, 4.69) is 32.2 Å². The van der Waals surface area contributed by atoms with Crippen molar-refractivity contribution in [3.8, 4) is 6.07 Å². The zero-order valence-corrected chi connectivity index (χ0v) is 10.4. The second-order valence-electron chi connectivity index (χ2n) is 5.94. The molecule has 0 bridgehead atoms. The predicted molar refractivity (Wildman–Crippen MR) is 63.5 cm³/mol. The molecule has 1 fully saturated rings. The van der Waals surface area contributed by atoms with Crippen LogP contribution >= 0.6 is 0 Å². The minimum Gasteiger partial charge on any atom is -0.311 e. The van der Waals surface area contributed by atoms with E-state index in [0.29, 0.717) is 12.0 Å². The van der Waals surface area contributed by atoms with Crippen LogP contribution in [-0.4, -0.2) is 12.1 Å². The Morgan fingerprint density at radius 2 is 1.93 bits per heavy atom. The van der Waals surface area contributed by atoms with E-state index >= 15 is 0 Å². The lowest BCUT2D eigenvalue weighted by atomic mass is 9.86. The molecule has 1 saturated carbocycles. The average Bonchev–Trinajstić information content (AvgIpc) is 2.61. The molecule has 2 nitrogen and oxygen atoms in total. The molecule has 86 valence electrons. The van der Waals surface area contributed by atoms with Crippen LogP contribution in [0.3, 0.4) is 0 Å². The molecule has 2 heteroatoms. The van der Waals surface area contributed by atoms with Gasteiger partial charge in [0.15, 0.2) is 0 Å². The number of rotatable bonds is 5. The van der Waals surface area contributed by atoms with Crippen molar-refractivity contribution in [3.05, 3.63) is 0 Å². The smallest absolute Gasteiger partial charge is 0.0621 e. The largest absolute Gasteiger partial charge is 0.311 e. The lowest BCUT2D eigenvalue weighted by molar-refractivity contribution is 0.257.